The third-order valence-electron chi connectivity index (χ3n) is 3.84. The zero-order valence-electron chi connectivity index (χ0n) is 14.1. The highest BCUT2D eigenvalue weighted by molar-refractivity contribution is 7.80. The summed E-state index contributed by atoms with van der Waals surface area (Å²) in [6.07, 6.45) is 1.76. The maximum Gasteiger partial charge on any atom is 0.292 e. The molecule has 0 spiro atoms. The van der Waals surface area contributed by atoms with Crippen molar-refractivity contribution in [1.82, 2.24) is 0 Å². The van der Waals surface area contributed by atoms with E-state index in [1.54, 1.807) is 6.07 Å². The second-order valence-electron chi connectivity index (χ2n) is 5.52. The van der Waals surface area contributed by atoms with E-state index in [9.17, 15) is 10.1 Å². The summed E-state index contributed by atoms with van der Waals surface area (Å²) < 4.78 is 0. The number of rotatable bonds is 5. The van der Waals surface area contributed by atoms with Crippen molar-refractivity contribution < 1.29 is 4.92 Å². The van der Waals surface area contributed by atoms with Crippen molar-refractivity contribution in [3.8, 4) is 0 Å². The summed E-state index contributed by atoms with van der Waals surface area (Å²) in [6, 6.07) is 11.2. The van der Waals surface area contributed by atoms with Crippen LogP contribution in [0.5, 0.6) is 0 Å². The van der Waals surface area contributed by atoms with Gasteiger partial charge in [-0.3, -0.25) is 10.1 Å². The molecule has 6 heteroatoms. The first kappa shape index (κ1) is 17.9. The molecular weight excluding hydrogens is 322 g/mol. The molecule has 0 saturated carbocycles. The molecule has 2 rings (SSSR count). The van der Waals surface area contributed by atoms with Gasteiger partial charge in [0.05, 0.1) is 4.92 Å². The van der Waals surface area contributed by atoms with Gasteiger partial charge in [-0.05, 0) is 54.7 Å². The molecular formula is C18H21N3O2S. The summed E-state index contributed by atoms with van der Waals surface area (Å²) in [5.41, 5.74) is 4.54. The molecule has 2 aromatic rings. The maximum absolute atomic E-state index is 11.2. The zero-order valence-corrected chi connectivity index (χ0v) is 14.9. The lowest BCUT2D eigenvalue weighted by molar-refractivity contribution is -0.383. The standard InChI is InChI=1S/C18H21N3O2S/c1-4-13-7-6-8-14(5-2)17(13)20-18(24)19-15-10-9-12(3)11-16(15)21(22)23/h6-11H,4-5H2,1-3H3,(H2,19,20,24). The molecule has 126 valence electrons. The van der Waals surface area contributed by atoms with Gasteiger partial charge in [0.2, 0.25) is 0 Å². The Morgan fingerprint density at radius 1 is 1.12 bits per heavy atom. The highest BCUT2D eigenvalue weighted by Crippen LogP contribution is 2.27. The van der Waals surface area contributed by atoms with Crippen LogP contribution in [0.4, 0.5) is 17.1 Å². The summed E-state index contributed by atoms with van der Waals surface area (Å²) in [4.78, 5) is 10.8. The molecule has 0 atom stereocenters. The summed E-state index contributed by atoms with van der Waals surface area (Å²) in [6.45, 7) is 5.99. The van der Waals surface area contributed by atoms with Gasteiger partial charge in [0.1, 0.15) is 5.69 Å². The van der Waals surface area contributed by atoms with Gasteiger partial charge in [0.25, 0.3) is 5.69 Å². The Balaban J connectivity index is 2.25. The molecule has 0 aliphatic rings. The average molecular weight is 343 g/mol. The van der Waals surface area contributed by atoms with Crippen LogP contribution in [-0.4, -0.2) is 10.0 Å². The first-order valence-electron chi connectivity index (χ1n) is 7.90. The van der Waals surface area contributed by atoms with Crippen LogP contribution in [0, 0.1) is 17.0 Å². The molecule has 0 bridgehead atoms. The number of hydrogen-bond acceptors (Lipinski definition) is 3. The van der Waals surface area contributed by atoms with Gasteiger partial charge in [-0.15, -0.1) is 0 Å². The van der Waals surface area contributed by atoms with Gasteiger partial charge < -0.3 is 10.6 Å². The first-order chi connectivity index (χ1) is 11.5. The van der Waals surface area contributed by atoms with Crippen LogP contribution in [0.3, 0.4) is 0 Å². The van der Waals surface area contributed by atoms with Crippen molar-refractivity contribution in [2.24, 2.45) is 0 Å². The normalized spacial score (nSPS) is 10.3. The largest absolute Gasteiger partial charge is 0.332 e. The van der Waals surface area contributed by atoms with Gasteiger partial charge in [0, 0.05) is 11.8 Å². The zero-order chi connectivity index (χ0) is 17.7. The first-order valence-corrected chi connectivity index (χ1v) is 8.30. The molecule has 0 aliphatic carbocycles. The Hall–Kier alpha value is -2.47. The van der Waals surface area contributed by atoms with E-state index in [0.29, 0.717) is 10.8 Å². The van der Waals surface area contributed by atoms with Crippen LogP contribution >= 0.6 is 12.2 Å². The Morgan fingerprint density at radius 2 is 1.75 bits per heavy atom. The van der Waals surface area contributed by atoms with Crippen LogP contribution in [0.15, 0.2) is 36.4 Å². The fraction of sp³-hybridized carbons (Fsp3) is 0.278. The number of para-hydroxylation sites is 1. The molecule has 0 fully saturated rings. The lowest BCUT2D eigenvalue weighted by Crippen LogP contribution is -2.21. The number of nitro benzene ring substituents is 1. The Labute approximate surface area is 147 Å². The molecule has 0 aliphatic heterocycles. The third kappa shape index (κ3) is 4.08. The number of nitrogens with one attached hydrogen (secondary N) is 2. The maximum atomic E-state index is 11.2. The summed E-state index contributed by atoms with van der Waals surface area (Å²) in [7, 11) is 0. The number of thiocarbonyl (C=S) groups is 1. The predicted octanol–water partition coefficient (Wildman–Crippen LogP) is 4.84. The lowest BCUT2D eigenvalue weighted by Gasteiger charge is -2.17. The van der Waals surface area contributed by atoms with Crippen molar-refractivity contribution in [1.29, 1.82) is 0 Å². The minimum atomic E-state index is -0.407. The smallest absolute Gasteiger partial charge is 0.292 e. The van der Waals surface area contributed by atoms with E-state index in [2.05, 4.69) is 36.6 Å². The highest BCUT2D eigenvalue weighted by atomic mass is 32.1. The van der Waals surface area contributed by atoms with E-state index >= 15 is 0 Å². The van der Waals surface area contributed by atoms with Crippen molar-refractivity contribution >= 4 is 34.4 Å². The predicted molar refractivity (Wildman–Crippen MR) is 103 cm³/mol. The number of nitrogens with zero attached hydrogens (tertiary/aromatic N) is 1. The van der Waals surface area contributed by atoms with Gasteiger partial charge in [-0.1, -0.05) is 38.1 Å². The van der Waals surface area contributed by atoms with Crippen LogP contribution in [0.25, 0.3) is 0 Å². The minimum absolute atomic E-state index is 0.0126. The molecule has 2 N–H and O–H groups in total. The van der Waals surface area contributed by atoms with E-state index in [1.807, 2.05) is 19.1 Å². The lowest BCUT2D eigenvalue weighted by atomic mass is 10.0. The molecule has 0 amide bonds. The van der Waals surface area contributed by atoms with Gasteiger partial charge in [0.15, 0.2) is 5.11 Å². The molecule has 0 heterocycles. The number of anilines is 2. The van der Waals surface area contributed by atoms with E-state index in [-0.39, 0.29) is 5.69 Å². The van der Waals surface area contributed by atoms with Crippen LogP contribution < -0.4 is 10.6 Å². The van der Waals surface area contributed by atoms with E-state index in [4.69, 9.17) is 12.2 Å². The molecule has 0 aromatic heterocycles. The molecule has 24 heavy (non-hydrogen) atoms. The van der Waals surface area contributed by atoms with Crippen LogP contribution in [-0.2, 0) is 12.8 Å². The van der Waals surface area contributed by atoms with E-state index in [0.717, 1.165) is 35.2 Å². The number of hydrogen-bond donors (Lipinski definition) is 2. The fourth-order valence-electron chi connectivity index (χ4n) is 2.57. The van der Waals surface area contributed by atoms with Crippen LogP contribution in [0.1, 0.15) is 30.5 Å². The summed E-state index contributed by atoms with van der Waals surface area (Å²) >= 11 is 5.37. The van der Waals surface area contributed by atoms with Crippen molar-refractivity contribution in [3.05, 3.63) is 63.2 Å². The quantitative estimate of drug-likeness (QED) is 0.462. The van der Waals surface area contributed by atoms with Crippen molar-refractivity contribution in [2.45, 2.75) is 33.6 Å². The van der Waals surface area contributed by atoms with Crippen LogP contribution in [0.2, 0.25) is 0 Å². The van der Waals surface area contributed by atoms with Gasteiger partial charge in [-0.2, -0.15) is 0 Å². The molecule has 0 saturated heterocycles. The molecule has 2 aromatic carbocycles. The minimum Gasteiger partial charge on any atom is -0.332 e. The SMILES string of the molecule is CCc1cccc(CC)c1NC(=S)Nc1ccc(C)cc1[N+](=O)[O-]. The van der Waals surface area contributed by atoms with E-state index < -0.39 is 4.92 Å². The van der Waals surface area contributed by atoms with Crippen molar-refractivity contribution in [2.75, 3.05) is 10.6 Å². The van der Waals surface area contributed by atoms with Crippen molar-refractivity contribution in [3.63, 3.8) is 0 Å². The Kier molecular flexibility index (Phi) is 5.87. The number of benzene rings is 2. The molecule has 0 radical (unpaired) electrons. The van der Waals surface area contributed by atoms with E-state index in [1.165, 1.54) is 6.07 Å². The Bertz CT molecular complexity index is 753. The topological polar surface area (TPSA) is 67.2 Å². The summed E-state index contributed by atoms with van der Waals surface area (Å²) in [5.74, 6) is 0. The second kappa shape index (κ2) is 7.88. The Morgan fingerprint density at radius 3 is 2.29 bits per heavy atom. The number of aryl methyl sites for hydroxylation is 3. The second-order valence-corrected chi connectivity index (χ2v) is 5.92. The van der Waals surface area contributed by atoms with Gasteiger partial charge >= 0.3 is 0 Å². The molecule has 5 nitrogen and oxygen atoms in total. The highest BCUT2D eigenvalue weighted by Gasteiger charge is 2.15. The fourth-order valence-corrected chi connectivity index (χ4v) is 2.78. The molecule has 0 unspecified atom stereocenters. The summed E-state index contributed by atoms with van der Waals surface area (Å²) in [5, 5.41) is 17.7. The number of nitro groups is 1. The average Bonchev–Trinajstić information content (AvgIpc) is 2.56. The monoisotopic (exact) mass is 343 g/mol. The van der Waals surface area contributed by atoms with Gasteiger partial charge in [-0.25, -0.2) is 0 Å². The third-order valence-corrected chi connectivity index (χ3v) is 4.04.